The molecule has 0 aromatic heterocycles. The van der Waals surface area contributed by atoms with E-state index in [0.717, 1.165) is 22.6 Å². The fraction of sp³-hybridized carbons (Fsp3) is 0.381. The summed E-state index contributed by atoms with van der Waals surface area (Å²) in [4.78, 5) is 12.6. The largest absolute Gasteiger partial charge is 0.494 e. The van der Waals surface area contributed by atoms with Crippen molar-refractivity contribution in [2.45, 2.75) is 46.3 Å². The van der Waals surface area contributed by atoms with Gasteiger partial charge >= 0.3 is 0 Å². The SMILES string of the molecule is CCOc1ccc([C@@H](C)NC(=O)[C@@H](CC)Oc2cccc(C)c2)cc1. The Morgan fingerprint density at radius 1 is 1.08 bits per heavy atom. The molecule has 0 fully saturated rings. The molecule has 1 N–H and O–H groups in total. The number of ether oxygens (including phenoxy) is 2. The number of hydrogen-bond acceptors (Lipinski definition) is 3. The summed E-state index contributed by atoms with van der Waals surface area (Å²) in [7, 11) is 0. The average Bonchev–Trinajstić information content (AvgIpc) is 2.60. The predicted molar refractivity (Wildman–Crippen MR) is 100 cm³/mol. The second-order valence-electron chi connectivity index (χ2n) is 6.06. The Morgan fingerprint density at radius 3 is 2.40 bits per heavy atom. The van der Waals surface area contributed by atoms with E-state index in [1.165, 1.54) is 0 Å². The second-order valence-corrected chi connectivity index (χ2v) is 6.06. The Bertz CT molecular complexity index is 682. The molecule has 0 aliphatic rings. The first kappa shape index (κ1) is 18.8. The Labute approximate surface area is 150 Å². The van der Waals surface area contributed by atoms with Gasteiger partial charge in [-0.05, 0) is 62.6 Å². The van der Waals surface area contributed by atoms with Crippen LogP contribution in [0.5, 0.6) is 11.5 Å². The van der Waals surface area contributed by atoms with E-state index in [0.29, 0.717) is 13.0 Å². The van der Waals surface area contributed by atoms with E-state index in [4.69, 9.17) is 9.47 Å². The van der Waals surface area contributed by atoms with Crippen molar-refractivity contribution in [2.75, 3.05) is 6.61 Å². The molecule has 0 unspecified atom stereocenters. The highest BCUT2D eigenvalue weighted by atomic mass is 16.5. The third kappa shape index (κ3) is 5.52. The molecule has 2 rings (SSSR count). The molecule has 2 atom stereocenters. The molecule has 2 aromatic rings. The van der Waals surface area contributed by atoms with Crippen LogP contribution in [0, 0.1) is 6.92 Å². The Morgan fingerprint density at radius 2 is 1.80 bits per heavy atom. The molecule has 2 aromatic carbocycles. The lowest BCUT2D eigenvalue weighted by Crippen LogP contribution is -2.39. The Hall–Kier alpha value is -2.49. The van der Waals surface area contributed by atoms with Crippen LogP contribution in [0.25, 0.3) is 0 Å². The second kappa shape index (κ2) is 9.11. The molecule has 1 amide bonds. The highest BCUT2D eigenvalue weighted by Gasteiger charge is 2.20. The molecule has 0 aliphatic heterocycles. The summed E-state index contributed by atoms with van der Waals surface area (Å²) in [6.45, 7) is 8.51. The van der Waals surface area contributed by atoms with Crippen LogP contribution in [0.15, 0.2) is 48.5 Å². The zero-order valence-corrected chi connectivity index (χ0v) is 15.4. The van der Waals surface area contributed by atoms with Gasteiger partial charge in [-0.3, -0.25) is 4.79 Å². The molecule has 25 heavy (non-hydrogen) atoms. The van der Waals surface area contributed by atoms with Crippen molar-refractivity contribution in [1.82, 2.24) is 5.32 Å². The van der Waals surface area contributed by atoms with Gasteiger partial charge in [0.15, 0.2) is 6.10 Å². The van der Waals surface area contributed by atoms with Crippen molar-refractivity contribution in [3.05, 3.63) is 59.7 Å². The van der Waals surface area contributed by atoms with Gasteiger partial charge in [-0.2, -0.15) is 0 Å². The van der Waals surface area contributed by atoms with Gasteiger partial charge in [0.25, 0.3) is 5.91 Å². The van der Waals surface area contributed by atoms with Crippen LogP contribution in [-0.2, 0) is 4.79 Å². The third-order valence-electron chi connectivity index (χ3n) is 3.98. The molecular formula is C21H27NO3. The van der Waals surface area contributed by atoms with Gasteiger partial charge in [0.1, 0.15) is 11.5 Å². The Kier molecular flexibility index (Phi) is 6.87. The first-order valence-electron chi connectivity index (χ1n) is 8.80. The van der Waals surface area contributed by atoms with Gasteiger partial charge in [0.2, 0.25) is 0 Å². The van der Waals surface area contributed by atoms with Gasteiger partial charge in [-0.1, -0.05) is 31.2 Å². The van der Waals surface area contributed by atoms with E-state index in [2.05, 4.69) is 5.32 Å². The summed E-state index contributed by atoms with van der Waals surface area (Å²) in [6, 6.07) is 15.4. The van der Waals surface area contributed by atoms with Crippen molar-refractivity contribution in [2.24, 2.45) is 0 Å². The van der Waals surface area contributed by atoms with E-state index in [9.17, 15) is 4.79 Å². The first-order chi connectivity index (χ1) is 12.0. The molecule has 0 spiro atoms. The predicted octanol–water partition coefficient (Wildman–Crippen LogP) is 4.43. The van der Waals surface area contributed by atoms with Crippen LogP contribution >= 0.6 is 0 Å². The minimum Gasteiger partial charge on any atom is -0.494 e. The van der Waals surface area contributed by atoms with Gasteiger partial charge in [0, 0.05) is 0 Å². The molecule has 0 radical (unpaired) electrons. The molecule has 134 valence electrons. The number of carbonyl (C=O) groups excluding carboxylic acids is 1. The monoisotopic (exact) mass is 341 g/mol. The number of carbonyl (C=O) groups is 1. The van der Waals surface area contributed by atoms with Gasteiger partial charge in [0.05, 0.1) is 12.6 Å². The normalized spacial score (nSPS) is 13.0. The van der Waals surface area contributed by atoms with Gasteiger partial charge in [-0.15, -0.1) is 0 Å². The maximum Gasteiger partial charge on any atom is 0.261 e. The lowest BCUT2D eigenvalue weighted by Gasteiger charge is -2.21. The number of nitrogens with one attached hydrogen (secondary N) is 1. The molecule has 0 saturated carbocycles. The molecule has 0 aliphatic carbocycles. The van der Waals surface area contributed by atoms with Crippen LogP contribution in [0.2, 0.25) is 0 Å². The van der Waals surface area contributed by atoms with E-state index in [1.807, 2.05) is 76.2 Å². The van der Waals surface area contributed by atoms with Crippen LogP contribution in [-0.4, -0.2) is 18.6 Å². The summed E-state index contributed by atoms with van der Waals surface area (Å²) < 4.78 is 11.3. The fourth-order valence-electron chi connectivity index (χ4n) is 2.58. The van der Waals surface area contributed by atoms with Crippen molar-refractivity contribution >= 4 is 5.91 Å². The topological polar surface area (TPSA) is 47.6 Å². The van der Waals surface area contributed by atoms with Crippen LogP contribution in [0.4, 0.5) is 0 Å². The van der Waals surface area contributed by atoms with Crippen LogP contribution in [0.3, 0.4) is 0 Å². The van der Waals surface area contributed by atoms with Crippen molar-refractivity contribution in [1.29, 1.82) is 0 Å². The van der Waals surface area contributed by atoms with E-state index in [-0.39, 0.29) is 11.9 Å². The van der Waals surface area contributed by atoms with Crippen LogP contribution < -0.4 is 14.8 Å². The molecule has 4 heteroatoms. The van der Waals surface area contributed by atoms with E-state index >= 15 is 0 Å². The maximum atomic E-state index is 12.6. The number of benzene rings is 2. The van der Waals surface area contributed by atoms with Crippen LogP contribution in [0.1, 0.15) is 44.4 Å². The molecule has 0 heterocycles. The average molecular weight is 341 g/mol. The summed E-state index contributed by atoms with van der Waals surface area (Å²) in [5, 5.41) is 3.03. The third-order valence-corrected chi connectivity index (χ3v) is 3.98. The highest BCUT2D eigenvalue weighted by molar-refractivity contribution is 5.81. The zero-order valence-electron chi connectivity index (χ0n) is 15.4. The highest BCUT2D eigenvalue weighted by Crippen LogP contribution is 2.19. The van der Waals surface area contributed by atoms with Crippen molar-refractivity contribution in [3.8, 4) is 11.5 Å². The molecule has 0 saturated heterocycles. The quantitative estimate of drug-likeness (QED) is 0.773. The summed E-state index contributed by atoms with van der Waals surface area (Å²) in [6.07, 6.45) is 0.0995. The minimum absolute atomic E-state index is 0.0988. The van der Waals surface area contributed by atoms with Crippen molar-refractivity contribution in [3.63, 3.8) is 0 Å². The zero-order chi connectivity index (χ0) is 18.2. The molecule has 0 bridgehead atoms. The summed E-state index contributed by atoms with van der Waals surface area (Å²) >= 11 is 0. The first-order valence-corrected chi connectivity index (χ1v) is 8.80. The summed E-state index contributed by atoms with van der Waals surface area (Å²) in [5.41, 5.74) is 2.14. The molecule has 4 nitrogen and oxygen atoms in total. The van der Waals surface area contributed by atoms with E-state index in [1.54, 1.807) is 0 Å². The lowest BCUT2D eigenvalue weighted by molar-refractivity contribution is -0.128. The minimum atomic E-state index is -0.507. The lowest BCUT2D eigenvalue weighted by atomic mass is 10.1. The molecular weight excluding hydrogens is 314 g/mol. The number of hydrogen-bond donors (Lipinski definition) is 1. The summed E-state index contributed by atoms with van der Waals surface area (Å²) in [5.74, 6) is 1.44. The maximum absolute atomic E-state index is 12.6. The van der Waals surface area contributed by atoms with Gasteiger partial charge in [-0.25, -0.2) is 0 Å². The number of aryl methyl sites for hydroxylation is 1. The van der Waals surface area contributed by atoms with Crippen molar-refractivity contribution < 1.29 is 14.3 Å². The van der Waals surface area contributed by atoms with E-state index < -0.39 is 6.10 Å². The standard InChI is InChI=1S/C21H27NO3/c1-5-20(25-19-9-7-8-15(3)14-19)21(23)22-16(4)17-10-12-18(13-11-17)24-6-2/h7-14,16,20H,5-6H2,1-4H3,(H,22,23)/t16-,20-/m1/s1. The van der Waals surface area contributed by atoms with Gasteiger partial charge < -0.3 is 14.8 Å². The number of rotatable bonds is 8. The Balaban J connectivity index is 1.98. The fourth-order valence-corrected chi connectivity index (χ4v) is 2.58. The smallest absolute Gasteiger partial charge is 0.261 e. The number of amides is 1.